The second-order valence-corrected chi connectivity index (χ2v) is 8.37. The van der Waals surface area contributed by atoms with Crippen LogP contribution in [0, 0.1) is 5.92 Å². The quantitative estimate of drug-likeness (QED) is 0.444. The van der Waals surface area contributed by atoms with Crippen molar-refractivity contribution in [1.29, 1.82) is 0 Å². The maximum absolute atomic E-state index is 4.74. The minimum absolute atomic E-state index is 0.576. The Kier molecular flexibility index (Phi) is 4.49. The number of hydrogen-bond acceptors (Lipinski definition) is 5. The first kappa shape index (κ1) is 18.3. The molecule has 0 unspecified atom stereocenters. The van der Waals surface area contributed by atoms with Crippen LogP contribution in [0.1, 0.15) is 30.5 Å². The molecule has 6 rings (SSSR count). The van der Waals surface area contributed by atoms with E-state index in [1.54, 1.807) is 6.33 Å². The van der Waals surface area contributed by atoms with Crippen molar-refractivity contribution in [2.45, 2.75) is 32.4 Å². The Hall–Kier alpha value is -3.52. The fraction of sp³-hybridized carbons (Fsp3) is 0.304. The predicted molar refractivity (Wildman–Crippen MR) is 118 cm³/mol. The Balaban J connectivity index is 1.18. The van der Waals surface area contributed by atoms with E-state index in [0.717, 1.165) is 47.1 Å². The zero-order valence-electron chi connectivity index (χ0n) is 17.2. The molecule has 156 valence electrons. The van der Waals surface area contributed by atoms with E-state index in [4.69, 9.17) is 4.98 Å². The molecule has 1 aliphatic rings. The molecule has 5 aromatic heterocycles. The van der Waals surface area contributed by atoms with E-state index in [0.29, 0.717) is 6.54 Å². The summed E-state index contributed by atoms with van der Waals surface area (Å²) in [5.74, 6) is 0.872. The van der Waals surface area contributed by atoms with Crippen molar-refractivity contribution in [3.05, 3.63) is 72.8 Å². The summed E-state index contributed by atoms with van der Waals surface area (Å²) >= 11 is 0. The SMILES string of the molecule is c1cc(-c2cn(Cc3cn4cc(CNCC5CCC5)ccc4n3)nn2)c2cncn2c1. The van der Waals surface area contributed by atoms with Crippen LogP contribution in [0.3, 0.4) is 0 Å². The minimum Gasteiger partial charge on any atom is -0.312 e. The standard InChI is InChI=1S/C23H24N8/c1-3-17(4-1)9-24-10-18-6-7-23-26-19(13-30(23)12-18)14-31-15-21(27-28-31)20-5-2-8-29-16-25-11-22(20)29/h2,5-8,11-13,15-17,24H,1,3-4,9-10,14H2. The molecule has 1 aliphatic carbocycles. The summed E-state index contributed by atoms with van der Waals surface area (Å²) in [4.78, 5) is 8.96. The average Bonchev–Trinajstić information content (AvgIpc) is 3.48. The van der Waals surface area contributed by atoms with E-state index in [9.17, 15) is 0 Å². The number of nitrogens with zero attached hydrogens (tertiary/aromatic N) is 7. The lowest BCUT2D eigenvalue weighted by molar-refractivity contribution is 0.301. The molecular formula is C23H24N8. The summed E-state index contributed by atoms with van der Waals surface area (Å²) in [6.45, 7) is 2.59. The zero-order valence-corrected chi connectivity index (χ0v) is 17.2. The molecule has 5 heterocycles. The average molecular weight is 413 g/mol. The first-order valence-electron chi connectivity index (χ1n) is 10.8. The van der Waals surface area contributed by atoms with Crippen molar-refractivity contribution in [3.8, 4) is 11.3 Å². The van der Waals surface area contributed by atoms with E-state index in [1.807, 2.05) is 39.8 Å². The fourth-order valence-electron chi connectivity index (χ4n) is 4.22. The van der Waals surface area contributed by atoms with Gasteiger partial charge in [0.15, 0.2) is 0 Å². The minimum atomic E-state index is 0.576. The summed E-state index contributed by atoms with van der Waals surface area (Å²) in [6, 6.07) is 8.26. The maximum atomic E-state index is 4.74. The van der Waals surface area contributed by atoms with Gasteiger partial charge >= 0.3 is 0 Å². The highest BCUT2D eigenvalue weighted by molar-refractivity contribution is 5.76. The number of imidazole rings is 2. The summed E-state index contributed by atoms with van der Waals surface area (Å²) in [6.07, 6.45) is 15.9. The Labute approximate surface area is 179 Å². The Morgan fingerprint density at radius 3 is 2.94 bits per heavy atom. The third-order valence-electron chi connectivity index (χ3n) is 6.14. The van der Waals surface area contributed by atoms with Gasteiger partial charge in [0, 0.05) is 30.7 Å². The van der Waals surface area contributed by atoms with Crippen molar-refractivity contribution in [3.63, 3.8) is 0 Å². The molecule has 0 amide bonds. The maximum Gasteiger partial charge on any atom is 0.137 e. The van der Waals surface area contributed by atoms with Gasteiger partial charge in [0.1, 0.15) is 11.3 Å². The Morgan fingerprint density at radius 2 is 2.03 bits per heavy atom. The van der Waals surface area contributed by atoms with Crippen LogP contribution in [0.25, 0.3) is 22.4 Å². The van der Waals surface area contributed by atoms with E-state index in [-0.39, 0.29) is 0 Å². The number of aromatic nitrogens is 7. The highest BCUT2D eigenvalue weighted by atomic mass is 15.4. The van der Waals surface area contributed by atoms with Crippen LogP contribution in [0.2, 0.25) is 0 Å². The molecule has 0 atom stereocenters. The molecule has 0 saturated heterocycles. The van der Waals surface area contributed by atoms with Crippen LogP contribution < -0.4 is 5.32 Å². The molecule has 0 bridgehead atoms. The van der Waals surface area contributed by atoms with Crippen molar-refractivity contribution >= 4 is 11.2 Å². The van der Waals surface area contributed by atoms with Gasteiger partial charge in [-0.25, -0.2) is 14.6 Å². The first-order chi connectivity index (χ1) is 15.3. The van der Waals surface area contributed by atoms with Crippen molar-refractivity contribution in [1.82, 2.24) is 39.1 Å². The van der Waals surface area contributed by atoms with Crippen molar-refractivity contribution in [2.75, 3.05) is 6.54 Å². The van der Waals surface area contributed by atoms with Gasteiger partial charge in [0.05, 0.1) is 36.5 Å². The summed E-state index contributed by atoms with van der Waals surface area (Å²) in [7, 11) is 0. The van der Waals surface area contributed by atoms with Crippen molar-refractivity contribution in [2.24, 2.45) is 5.92 Å². The lowest BCUT2D eigenvalue weighted by atomic mass is 9.85. The monoisotopic (exact) mass is 412 g/mol. The van der Waals surface area contributed by atoms with Gasteiger partial charge in [-0.1, -0.05) is 17.7 Å². The van der Waals surface area contributed by atoms with Crippen LogP contribution in [0.15, 0.2) is 61.6 Å². The van der Waals surface area contributed by atoms with Gasteiger partial charge < -0.3 is 14.1 Å². The number of pyridine rings is 2. The number of rotatable bonds is 7. The van der Waals surface area contributed by atoms with E-state index < -0.39 is 0 Å². The van der Waals surface area contributed by atoms with Gasteiger partial charge in [-0.3, -0.25) is 0 Å². The third kappa shape index (κ3) is 3.59. The molecular weight excluding hydrogens is 388 g/mol. The molecule has 8 nitrogen and oxygen atoms in total. The molecule has 31 heavy (non-hydrogen) atoms. The fourth-order valence-corrected chi connectivity index (χ4v) is 4.22. The number of hydrogen-bond donors (Lipinski definition) is 1. The lowest BCUT2D eigenvalue weighted by Crippen LogP contribution is -2.26. The number of nitrogens with one attached hydrogen (secondary N) is 1. The molecule has 1 saturated carbocycles. The lowest BCUT2D eigenvalue weighted by Gasteiger charge is -2.25. The van der Waals surface area contributed by atoms with Crippen LogP contribution in [-0.2, 0) is 13.1 Å². The zero-order chi connectivity index (χ0) is 20.6. The highest BCUT2D eigenvalue weighted by Gasteiger charge is 2.16. The first-order valence-corrected chi connectivity index (χ1v) is 10.8. The van der Waals surface area contributed by atoms with E-state index in [1.165, 1.54) is 24.8 Å². The number of fused-ring (bicyclic) bond motifs is 2. The molecule has 8 heteroatoms. The van der Waals surface area contributed by atoms with Gasteiger partial charge in [0.2, 0.25) is 0 Å². The van der Waals surface area contributed by atoms with Crippen LogP contribution in [0.4, 0.5) is 0 Å². The van der Waals surface area contributed by atoms with Gasteiger partial charge in [-0.05, 0) is 49.1 Å². The second-order valence-electron chi connectivity index (χ2n) is 8.37. The largest absolute Gasteiger partial charge is 0.312 e. The summed E-state index contributed by atoms with van der Waals surface area (Å²) in [5, 5.41) is 12.3. The predicted octanol–water partition coefficient (Wildman–Crippen LogP) is 3.18. The smallest absolute Gasteiger partial charge is 0.137 e. The van der Waals surface area contributed by atoms with Crippen LogP contribution in [0.5, 0.6) is 0 Å². The highest BCUT2D eigenvalue weighted by Crippen LogP contribution is 2.25. The van der Waals surface area contributed by atoms with Gasteiger partial charge in [-0.2, -0.15) is 0 Å². The van der Waals surface area contributed by atoms with Crippen molar-refractivity contribution < 1.29 is 0 Å². The van der Waals surface area contributed by atoms with E-state index in [2.05, 4.69) is 49.5 Å². The molecule has 1 fully saturated rings. The molecule has 0 radical (unpaired) electrons. The molecule has 0 aromatic carbocycles. The van der Waals surface area contributed by atoms with Crippen LogP contribution >= 0.6 is 0 Å². The normalized spacial score (nSPS) is 14.5. The molecule has 1 N–H and O–H groups in total. The molecule has 5 aromatic rings. The van der Waals surface area contributed by atoms with Crippen LogP contribution in [-0.4, -0.2) is 40.3 Å². The van der Waals surface area contributed by atoms with Gasteiger partial charge in [-0.15, -0.1) is 5.10 Å². The third-order valence-corrected chi connectivity index (χ3v) is 6.14. The summed E-state index contributed by atoms with van der Waals surface area (Å²) < 4.78 is 5.91. The second kappa shape index (κ2) is 7.63. The molecule has 0 aliphatic heterocycles. The van der Waals surface area contributed by atoms with E-state index >= 15 is 0 Å². The Bertz CT molecular complexity index is 1340. The Morgan fingerprint density at radius 1 is 1.06 bits per heavy atom. The topological polar surface area (TPSA) is 77.3 Å². The summed E-state index contributed by atoms with van der Waals surface area (Å²) in [5.41, 5.74) is 6.03. The van der Waals surface area contributed by atoms with Gasteiger partial charge in [0.25, 0.3) is 0 Å². The molecule has 0 spiro atoms.